The molecule has 0 saturated carbocycles. The van der Waals surface area contributed by atoms with Gasteiger partial charge in [0, 0.05) is 12.5 Å². The fraction of sp³-hybridized carbons (Fsp3) is 0.867. The molecule has 118 valence electrons. The van der Waals surface area contributed by atoms with Crippen molar-refractivity contribution in [2.75, 3.05) is 6.54 Å². The highest BCUT2D eigenvalue weighted by molar-refractivity contribution is 5.77. The molecule has 0 aromatic carbocycles. The van der Waals surface area contributed by atoms with Crippen LogP contribution in [0.4, 0.5) is 0 Å². The lowest BCUT2D eigenvalue weighted by molar-refractivity contribution is -0.142. The van der Waals surface area contributed by atoms with Crippen molar-refractivity contribution in [3.63, 3.8) is 0 Å². The number of nitrogens with two attached hydrogens (primary N) is 1. The van der Waals surface area contributed by atoms with Gasteiger partial charge in [-0.05, 0) is 44.6 Å². The zero-order valence-electron chi connectivity index (χ0n) is 13.4. The van der Waals surface area contributed by atoms with Crippen LogP contribution in [-0.2, 0) is 9.59 Å². The van der Waals surface area contributed by atoms with Crippen molar-refractivity contribution < 1.29 is 14.7 Å². The normalized spacial score (nSPS) is 16.3. The van der Waals surface area contributed by atoms with Gasteiger partial charge in [0.2, 0.25) is 5.91 Å². The van der Waals surface area contributed by atoms with Crippen LogP contribution in [0.25, 0.3) is 0 Å². The number of carbonyl (C=O) groups excluding carboxylic acids is 1. The first-order valence-corrected chi connectivity index (χ1v) is 7.31. The highest BCUT2D eigenvalue weighted by Crippen LogP contribution is 2.32. The molecule has 0 heterocycles. The quantitative estimate of drug-likeness (QED) is 0.636. The largest absolute Gasteiger partial charge is 0.481 e. The van der Waals surface area contributed by atoms with Gasteiger partial charge in [0.1, 0.15) is 0 Å². The van der Waals surface area contributed by atoms with Crippen molar-refractivity contribution in [3.8, 4) is 0 Å². The van der Waals surface area contributed by atoms with Crippen LogP contribution >= 0.6 is 0 Å². The maximum atomic E-state index is 11.9. The lowest BCUT2D eigenvalue weighted by atomic mass is 9.76. The summed E-state index contributed by atoms with van der Waals surface area (Å²) in [5.41, 5.74) is 5.75. The summed E-state index contributed by atoms with van der Waals surface area (Å²) in [4.78, 5) is 22.7. The average Bonchev–Trinajstić information content (AvgIpc) is 2.31. The molecule has 0 saturated heterocycles. The molecule has 0 aromatic rings. The predicted octanol–water partition coefficient (Wildman–Crippen LogP) is 2.00. The van der Waals surface area contributed by atoms with Crippen molar-refractivity contribution in [3.05, 3.63) is 0 Å². The van der Waals surface area contributed by atoms with E-state index < -0.39 is 11.9 Å². The van der Waals surface area contributed by atoms with E-state index in [-0.39, 0.29) is 17.4 Å². The van der Waals surface area contributed by atoms with Gasteiger partial charge in [-0.15, -0.1) is 0 Å². The second-order valence-electron chi connectivity index (χ2n) is 6.66. The highest BCUT2D eigenvalue weighted by Gasteiger charge is 2.25. The molecule has 5 nitrogen and oxygen atoms in total. The standard InChI is InChI=1S/C15H30N2O3/c1-10(14(19)20)11(2)17-13(18)7-6-12(8-9-16)15(3,4)5/h10-12H,6-9,16H2,1-5H3,(H,17,18)(H,19,20). The third-order valence-corrected chi connectivity index (χ3v) is 3.99. The predicted molar refractivity (Wildman–Crippen MR) is 80.3 cm³/mol. The minimum atomic E-state index is -0.895. The number of hydrogen-bond acceptors (Lipinski definition) is 3. The number of amides is 1. The van der Waals surface area contributed by atoms with Crippen molar-refractivity contribution >= 4 is 11.9 Å². The van der Waals surface area contributed by atoms with Crippen LogP contribution < -0.4 is 11.1 Å². The second kappa shape index (κ2) is 8.25. The molecule has 0 rings (SSSR count). The molecule has 1 amide bonds. The Morgan fingerprint density at radius 1 is 1.20 bits per heavy atom. The van der Waals surface area contributed by atoms with Crippen LogP contribution in [0.15, 0.2) is 0 Å². The van der Waals surface area contributed by atoms with Gasteiger partial charge >= 0.3 is 5.97 Å². The topological polar surface area (TPSA) is 92.4 Å². The summed E-state index contributed by atoms with van der Waals surface area (Å²) in [6.45, 7) is 10.4. The molecule has 0 radical (unpaired) electrons. The summed E-state index contributed by atoms with van der Waals surface area (Å²) in [7, 11) is 0. The number of rotatable bonds is 8. The Labute approximate surface area is 122 Å². The molecule has 3 unspecified atom stereocenters. The fourth-order valence-electron chi connectivity index (χ4n) is 2.18. The van der Waals surface area contributed by atoms with Crippen LogP contribution in [0, 0.1) is 17.3 Å². The first-order valence-electron chi connectivity index (χ1n) is 7.31. The first kappa shape index (κ1) is 18.9. The lowest BCUT2D eigenvalue weighted by Gasteiger charge is -2.30. The Hall–Kier alpha value is -1.10. The molecule has 0 fully saturated rings. The van der Waals surface area contributed by atoms with E-state index in [0.717, 1.165) is 12.8 Å². The van der Waals surface area contributed by atoms with Gasteiger partial charge in [0.15, 0.2) is 0 Å². The number of carbonyl (C=O) groups is 2. The summed E-state index contributed by atoms with van der Waals surface area (Å²) in [5, 5.41) is 11.7. The van der Waals surface area contributed by atoms with Crippen LogP contribution in [0.2, 0.25) is 0 Å². The SMILES string of the molecule is CC(NC(=O)CCC(CCN)C(C)(C)C)C(C)C(=O)O. The van der Waals surface area contributed by atoms with Crippen molar-refractivity contribution in [1.82, 2.24) is 5.32 Å². The summed E-state index contributed by atoms with van der Waals surface area (Å²) >= 11 is 0. The number of carboxylic acid groups (broad SMARTS) is 1. The number of carboxylic acids is 1. The Balaban J connectivity index is 4.30. The summed E-state index contributed by atoms with van der Waals surface area (Å²) in [5.74, 6) is -1.17. The molecule has 0 aliphatic rings. The van der Waals surface area contributed by atoms with Gasteiger partial charge < -0.3 is 16.2 Å². The van der Waals surface area contributed by atoms with Gasteiger partial charge in [0.05, 0.1) is 5.92 Å². The van der Waals surface area contributed by atoms with E-state index in [0.29, 0.717) is 18.9 Å². The molecular formula is C15H30N2O3. The summed E-state index contributed by atoms with van der Waals surface area (Å²) in [6, 6.07) is -0.359. The zero-order valence-corrected chi connectivity index (χ0v) is 13.4. The summed E-state index contributed by atoms with van der Waals surface area (Å²) in [6.07, 6.45) is 2.09. The van der Waals surface area contributed by atoms with Crippen LogP contribution in [0.5, 0.6) is 0 Å². The molecule has 0 aliphatic carbocycles. The molecule has 0 spiro atoms. The molecule has 20 heavy (non-hydrogen) atoms. The van der Waals surface area contributed by atoms with E-state index in [1.807, 2.05) is 0 Å². The van der Waals surface area contributed by atoms with E-state index in [4.69, 9.17) is 10.8 Å². The van der Waals surface area contributed by atoms with Crippen LogP contribution in [0.1, 0.15) is 53.9 Å². The second-order valence-corrected chi connectivity index (χ2v) is 6.66. The Morgan fingerprint density at radius 2 is 1.75 bits per heavy atom. The third kappa shape index (κ3) is 6.89. The summed E-state index contributed by atoms with van der Waals surface area (Å²) < 4.78 is 0. The minimum absolute atomic E-state index is 0.0862. The van der Waals surface area contributed by atoms with E-state index in [2.05, 4.69) is 26.1 Å². The monoisotopic (exact) mass is 286 g/mol. The lowest BCUT2D eigenvalue weighted by Crippen LogP contribution is -2.40. The number of aliphatic carboxylic acids is 1. The smallest absolute Gasteiger partial charge is 0.308 e. The van der Waals surface area contributed by atoms with E-state index in [1.165, 1.54) is 0 Å². The van der Waals surface area contributed by atoms with Gasteiger partial charge in [-0.2, -0.15) is 0 Å². The molecule has 0 aliphatic heterocycles. The zero-order chi connectivity index (χ0) is 15.9. The molecular weight excluding hydrogens is 256 g/mol. The Morgan fingerprint density at radius 3 is 2.15 bits per heavy atom. The minimum Gasteiger partial charge on any atom is -0.481 e. The van der Waals surface area contributed by atoms with Gasteiger partial charge in [-0.3, -0.25) is 9.59 Å². The maximum absolute atomic E-state index is 11.9. The molecule has 5 heteroatoms. The maximum Gasteiger partial charge on any atom is 0.308 e. The van der Waals surface area contributed by atoms with E-state index >= 15 is 0 Å². The first-order chi connectivity index (χ1) is 9.09. The van der Waals surface area contributed by atoms with Gasteiger partial charge in [-0.1, -0.05) is 20.8 Å². The Kier molecular flexibility index (Phi) is 7.79. The highest BCUT2D eigenvalue weighted by atomic mass is 16.4. The van der Waals surface area contributed by atoms with Gasteiger partial charge in [-0.25, -0.2) is 0 Å². The van der Waals surface area contributed by atoms with Gasteiger partial charge in [0.25, 0.3) is 0 Å². The Bertz CT molecular complexity index is 324. The van der Waals surface area contributed by atoms with E-state index in [9.17, 15) is 9.59 Å². The number of hydrogen-bond donors (Lipinski definition) is 3. The fourth-order valence-corrected chi connectivity index (χ4v) is 2.18. The molecule has 3 atom stereocenters. The van der Waals surface area contributed by atoms with Crippen LogP contribution in [-0.4, -0.2) is 29.6 Å². The average molecular weight is 286 g/mol. The molecule has 0 bridgehead atoms. The third-order valence-electron chi connectivity index (χ3n) is 3.99. The van der Waals surface area contributed by atoms with Crippen molar-refractivity contribution in [1.29, 1.82) is 0 Å². The van der Waals surface area contributed by atoms with Crippen molar-refractivity contribution in [2.24, 2.45) is 23.0 Å². The molecule has 0 aromatic heterocycles. The number of nitrogens with one attached hydrogen (secondary N) is 1. The van der Waals surface area contributed by atoms with Crippen LogP contribution in [0.3, 0.4) is 0 Å². The molecule has 4 N–H and O–H groups in total. The van der Waals surface area contributed by atoms with Crippen molar-refractivity contribution in [2.45, 2.75) is 59.9 Å². The van der Waals surface area contributed by atoms with E-state index in [1.54, 1.807) is 13.8 Å².